The third-order valence-electron chi connectivity index (χ3n) is 2.69. The molecule has 124 valence electrons. The second-order valence-corrected chi connectivity index (χ2v) is 5.44. The molecule has 0 aliphatic heterocycles. The van der Waals surface area contributed by atoms with Crippen molar-refractivity contribution < 1.29 is 18.6 Å². The van der Waals surface area contributed by atoms with Crippen molar-refractivity contribution in [3.05, 3.63) is 82.5 Å². The van der Waals surface area contributed by atoms with E-state index in [4.69, 9.17) is 9.84 Å². The molecule has 2 rings (SSSR count). The second kappa shape index (κ2) is 11.8. The maximum Gasteiger partial charge on any atom is 0.157 e. The maximum absolute atomic E-state index is 11.7. The summed E-state index contributed by atoms with van der Waals surface area (Å²) in [5, 5.41) is 8.22. The minimum absolute atomic E-state index is 0.373. The number of hydrogen-bond donors (Lipinski definition) is 1. The summed E-state index contributed by atoms with van der Waals surface area (Å²) in [5.74, 6) is 0. The van der Waals surface area contributed by atoms with Crippen molar-refractivity contribution in [2.45, 2.75) is 19.4 Å². The van der Waals surface area contributed by atoms with Crippen LogP contribution in [0.3, 0.4) is 0 Å². The number of hydrogen-bond acceptors (Lipinski definition) is 2. The molecule has 1 unspecified atom stereocenters. The van der Waals surface area contributed by atoms with E-state index >= 15 is 0 Å². The van der Waals surface area contributed by atoms with E-state index in [2.05, 4.69) is 40.2 Å². The van der Waals surface area contributed by atoms with Gasteiger partial charge in [0.1, 0.15) is 6.67 Å². The fraction of sp³-hybridized carbons (Fsp3) is 0.222. The Hall–Kier alpha value is -1.72. The smallest absolute Gasteiger partial charge is 0.157 e. The molecule has 0 spiro atoms. The van der Waals surface area contributed by atoms with E-state index in [1.807, 2.05) is 36.4 Å². The highest BCUT2D eigenvalue weighted by Gasteiger charge is 2.00. The Balaban J connectivity index is 0.000000284. The summed E-state index contributed by atoms with van der Waals surface area (Å²) in [6.45, 7) is 0.251. The SMILES string of the molecule is OC(Br)=CC(F)CF.c1ccc(COCc2ccccc2)cc1. The van der Waals surface area contributed by atoms with Crippen LogP contribution in [0.15, 0.2) is 71.4 Å². The molecule has 0 saturated carbocycles. The van der Waals surface area contributed by atoms with Gasteiger partial charge in [0.05, 0.1) is 13.2 Å². The molecule has 0 heterocycles. The van der Waals surface area contributed by atoms with Crippen LogP contribution in [0.4, 0.5) is 8.78 Å². The Kier molecular flexibility index (Phi) is 9.91. The summed E-state index contributed by atoms with van der Waals surface area (Å²) in [7, 11) is 0. The highest BCUT2D eigenvalue weighted by Crippen LogP contribution is 2.05. The zero-order valence-corrected chi connectivity index (χ0v) is 14.1. The molecule has 0 aliphatic carbocycles. The summed E-state index contributed by atoms with van der Waals surface area (Å²) in [6.07, 6.45) is -0.964. The average Bonchev–Trinajstić information content (AvgIpc) is 2.57. The van der Waals surface area contributed by atoms with E-state index in [9.17, 15) is 8.78 Å². The number of alkyl halides is 2. The highest BCUT2D eigenvalue weighted by molar-refractivity contribution is 9.11. The molecule has 0 saturated heterocycles. The van der Waals surface area contributed by atoms with Crippen molar-refractivity contribution in [2.24, 2.45) is 0 Å². The van der Waals surface area contributed by atoms with E-state index in [0.717, 1.165) is 6.08 Å². The van der Waals surface area contributed by atoms with Crippen molar-refractivity contribution >= 4 is 15.9 Å². The first-order valence-corrected chi connectivity index (χ1v) is 7.83. The minimum atomic E-state index is -1.70. The monoisotopic (exact) mass is 384 g/mol. The molecule has 0 aromatic heterocycles. The van der Waals surface area contributed by atoms with Crippen LogP contribution in [-0.2, 0) is 18.0 Å². The van der Waals surface area contributed by atoms with Crippen LogP contribution in [0.1, 0.15) is 11.1 Å². The Morgan fingerprint density at radius 2 is 1.43 bits per heavy atom. The Morgan fingerprint density at radius 3 is 1.74 bits per heavy atom. The van der Waals surface area contributed by atoms with Gasteiger partial charge in [0, 0.05) is 6.08 Å². The van der Waals surface area contributed by atoms with Crippen LogP contribution < -0.4 is 0 Å². The van der Waals surface area contributed by atoms with Gasteiger partial charge in [0.25, 0.3) is 0 Å². The topological polar surface area (TPSA) is 29.5 Å². The number of benzene rings is 2. The number of halogens is 3. The third kappa shape index (κ3) is 9.81. The van der Waals surface area contributed by atoms with Crippen molar-refractivity contribution in [2.75, 3.05) is 6.67 Å². The number of ether oxygens (including phenoxy) is 1. The molecule has 0 radical (unpaired) electrons. The quantitative estimate of drug-likeness (QED) is 0.667. The molecule has 0 bridgehead atoms. The summed E-state index contributed by atoms with van der Waals surface area (Å²) >= 11 is 2.53. The third-order valence-corrected chi connectivity index (χ3v) is 2.95. The van der Waals surface area contributed by atoms with Crippen LogP contribution in [0.25, 0.3) is 0 Å². The lowest BCUT2D eigenvalue weighted by molar-refractivity contribution is 0.107. The van der Waals surface area contributed by atoms with Gasteiger partial charge in [-0.1, -0.05) is 60.7 Å². The van der Waals surface area contributed by atoms with Crippen LogP contribution in [0, 0.1) is 0 Å². The first kappa shape index (κ1) is 19.3. The van der Waals surface area contributed by atoms with E-state index in [0.29, 0.717) is 13.2 Å². The molecule has 1 N–H and O–H groups in total. The fourth-order valence-electron chi connectivity index (χ4n) is 1.63. The predicted octanol–water partition coefficient (Wildman–Crippen LogP) is 5.49. The lowest BCUT2D eigenvalue weighted by Gasteiger charge is -2.03. The Morgan fingerprint density at radius 1 is 1.00 bits per heavy atom. The zero-order chi connectivity index (χ0) is 16.9. The molecule has 0 fully saturated rings. The van der Waals surface area contributed by atoms with Gasteiger partial charge in [-0.15, -0.1) is 0 Å². The van der Waals surface area contributed by atoms with Gasteiger partial charge in [-0.3, -0.25) is 0 Å². The molecule has 2 aromatic rings. The number of rotatable bonds is 6. The van der Waals surface area contributed by atoms with Crippen molar-refractivity contribution in [1.82, 2.24) is 0 Å². The van der Waals surface area contributed by atoms with Crippen LogP contribution in [0.5, 0.6) is 0 Å². The minimum Gasteiger partial charge on any atom is -0.502 e. The van der Waals surface area contributed by atoms with E-state index in [1.165, 1.54) is 11.1 Å². The van der Waals surface area contributed by atoms with Crippen LogP contribution in [0.2, 0.25) is 0 Å². The predicted molar refractivity (Wildman–Crippen MR) is 91.9 cm³/mol. The lowest BCUT2D eigenvalue weighted by atomic mass is 10.2. The molecular weight excluding hydrogens is 366 g/mol. The molecule has 23 heavy (non-hydrogen) atoms. The zero-order valence-electron chi connectivity index (χ0n) is 12.5. The van der Waals surface area contributed by atoms with E-state index < -0.39 is 12.8 Å². The van der Waals surface area contributed by atoms with E-state index in [-0.39, 0.29) is 4.67 Å². The summed E-state index contributed by atoms with van der Waals surface area (Å²) in [5.41, 5.74) is 2.43. The number of aliphatic hydroxyl groups excluding tert-OH is 1. The fourth-order valence-corrected chi connectivity index (χ4v) is 1.92. The molecular formula is C18H19BrF2O2. The van der Waals surface area contributed by atoms with Crippen molar-refractivity contribution in [1.29, 1.82) is 0 Å². The van der Waals surface area contributed by atoms with Gasteiger partial charge >= 0.3 is 0 Å². The molecule has 1 atom stereocenters. The van der Waals surface area contributed by atoms with Crippen molar-refractivity contribution in [3.63, 3.8) is 0 Å². The second-order valence-electron chi connectivity index (χ2n) is 4.62. The largest absolute Gasteiger partial charge is 0.502 e. The van der Waals surface area contributed by atoms with Gasteiger partial charge < -0.3 is 9.84 Å². The van der Waals surface area contributed by atoms with Crippen LogP contribution in [-0.4, -0.2) is 18.0 Å². The van der Waals surface area contributed by atoms with E-state index in [1.54, 1.807) is 0 Å². The molecule has 2 nitrogen and oxygen atoms in total. The molecule has 2 aromatic carbocycles. The lowest BCUT2D eigenvalue weighted by Crippen LogP contribution is -1.96. The maximum atomic E-state index is 11.7. The number of allylic oxidation sites excluding steroid dienone is 1. The van der Waals surface area contributed by atoms with Gasteiger partial charge in [-0.2, -0.15) is 0 Å². The van der Waals surface area contributed by atoms with Crippen LogP contribution >= 0.6 is 15.9 Å². The standard InChI is InChI=1S/C14H14O.C4H5BrF2O/c1-3-7-13(8-4-1)11-15-12-14-9-5-2-6-10-14;5-4(8)1-3(7)2-6/h1-10H,11-12H2;1,3,8H,2H2. The van der Waals surface area contributed by atoms with Crippen molar-refractivity contribution in [3.8, 4) is 0 Å². The average molecular weight is 385 g/mol. The Bertz CT molecular complexity index is 518. The van der Waals surface area contributed by atoms with Gasteiger partial charge in [0.15, 0.2) is 10.8 Å². The number of aliphatic hydroxyl groups is 1. The Labute approximate surface area is 143 Å². The first-order chi connectivity index (χ1) is 11.1. The van der Waals surface area contributed by atoms with Gasteiger partial charge in [-0.25, -0.2) is 8.78 Å². The first-order valence-electron chi connectivity index (χ1n) is 7.03. The molecule has 0 aliphatic rings. The summed E-state index contributed by atoms with van der Waals surface area (Å²) in [4.78, 5) is 0. The van der Waals surface area contributed by atoms with Gasteiger partial charge in [-0.05, 0) is 27.1 Å². The summed E-state index contributed by atoms with van der Waals surface area (Å²) in [6, 6.07) is 20.4. The highest BCUT2D eigenvalue weighted by atomic mass is 79.9. The van der Waals surface area contributed by atoms with Gasteiger partial charge in [0.2, 0.25) is 0 Å². The normalized spacial score (nSPS) is 12.2. The molecule has 5 heteroatoms. The summed E-state index contributed by atoms with van der Waals surface area (Å²) < 4.78 is 28.2. The molecule has 0 amide bonds.